The lowest BCUT2D eigenvalue weighted by atomic mass is 10.1. The Bertz CT molecular complexity index is 1870. The van der Waals surface area contributed by atoms with E-state index in [1.54, 1.807) is 29.1 Å². The van der Waals surface area contributed by atoms with E-state index in [0.29, 0.717) is 35.6 Å². The molecule has 6 aromatic rings. The minimum absolute atomic E-state index is 0.0661. The molecule has 0 bridgehead atoms. The molecule has 0 amide bonds. The van der Waals surface area contributed by atoms with Gasteiger partial charge in [0.25, 0.3) is 5.56 Å². The third-order valence-electron chi connectivity index (χ3n) is 6.99. The number of benzene rings is 3. The van der Waals surface area contributed by atoms with Crippen LogP contribution in [-0.4, -0.2) is 19.5 Å². The van der Waals surface area contributed by atoms with Gasteiger partial charge < -0.3 is 4.74 Å². The van der Waals surface area contributed by atoms with Crippen molar-refractivity contribution in [3.63, 3.8) is 0 Å². The molecule has 6 rings (SSSR count). The quantitative estimate of drug-likeness (QED) is 0.180. The van der Waals surface area contributed by atoms with Crippen LogP contribution < -0.4 is 10.3 Å². The predicted molar refractivity (Wildman–Crippen MR) is 164 cm³/mol. The zero-order chi connectivity index (χ0) is 28.9. The van der Waals surface area contributed by atoms with Gasteiger partial charge in [0.15, 0.2) is 11.6 Å². The van der Waals surface area contributed by atoms with Crippen molar-refractivity contribution < 1.29 is 9.13 Å². The first-order valence-corrected chi connectivity index (χ1v) is 14.4. The smallest absolute Gasteiger partial charge is 0.262 e. The summed E-state index contributed by atoms with van der Waals surface area (Å²) in [6, 6.07) is 26.2. The summed E-state index contributed by atoms with van der Waals surface area (Å²) in [5.41, 5.74) is 5.10. The maximum atomic E-state index is 15.3. The van der Waals surface area contributed by atoms with Crippen LogP contribution in [0.25, 0.3) is 33.0 Å². The largest absolute Gasteiger partial charge is 0.485 e. The van der Waals surface area contributed by atoms with Crippen LogP contribution in [0.2, 0.25) is 0 Å². The van der Waals surface area contributed by atoms with Crippen molar-refractivity contribution in [3.8, 4) is 38.7 Å². The molecule has 0 atom stereocenters. The highest BCUT2D eigenvalue weighted by Crippen LogP contribution is 2.35. The summed E-state index contributed by atoms with van der Waals surface area (Å²) in [6.07, 6.45) is 5.57. The second kappa shape index (κ2) is 12.3. The van der Waals surface area contributed by atoms with Crippen molar-refractivity contribution in [2.45, 2.75) is 26.5 Å². The van der Waals surface area contributed by atoms with Gasteiger partial charge in [-0.1, -0.05) is 66.7 Å². The Kier molecular flexibility index (Phi) is 7.96. The Morgan fingerprint density at radius 2 is 1.60 bits per heavy atom. The van der Waals surface area contributed by atoms with Gasteiger partial charge in [0, 0.05) is 29.4 Å². The third kappa shape index (κ3) is 5.75. The molecule has 0 unspecified atom stereocenters. The Labute approximate surface area is 246 Å². The van der Waals surface area contributed by atoms with Crippen LogP contribution in [0.1, 0.15) is 16.8 Å². The van der Waals surface area contributed by atoms with Crippen molar-refractivity contribution in [1.82, 2.24) is 19.5 Å². The number of hydrogen-bond acceptors (Lipinski definition) is 6. The van der Waals surface area contributed by atoms with Gasteiger partial charge in [0.05, 0.1) is 16.8 Å². The molecule has 0 fully saturated rings. The fraction of sp³-hybridized carbons (Fsp3) is 0.118. The Morgan fingerprint density at radius 1 is 0.881 bits per heavy atom. The first-order valence-electron chi connectivity index (χ1n) is 13.5. The fourth-order valence-corrected chi connectivity index (χ4v) is 5.88. The van der Waals surface area contributed by atoms with E-state index in [4.69, 9.17) is 9.72 Å². The summed E-state index contributed by atoms with van der Waals surface area (Å²) >= 11 is 1.47. The molecule has 8 heteroatoms. The van der Waals surface area contributed by atoms with Crippen molar-refractivity contribution in [1.29, 1.82) is 0 Å². The molecule has 0 spiro atoms. The predicted octanol–water partition coefficient (Wildman–Crippen LogP) is 7.37. The van der Waals surface area contributed by atoms with E-state index >= 15 is 4.39 Å². The van der Waals surface area contributed by atoms with E-state index in [1.807, 2.05) is 79.0 Å². The molecule has 0 aliphatic carbocycles. The number of halogens is 1. The highest BCUT2D eigenvalue weighted by molar-refractivity contribution is 7.14. The van der Waals surface area contributed by atoms with Crippen molar-refractivity contribution in [3.05, 3.63) is 142 Å². The summed E-state index contributed by atoms with van der Waals surface area (Å²) in [7, 11) is 0. The first-order chi connectivity index (χ1) is 20.6. The van der Waals surface area contributed by atoms with Gasteiger partial charge in [-0.05, 0) is 53.6 Å². The Hall–Kier alpha value is -4.95. The Morgan fingerprint density at radius 3 is 2.33 bits per heavy atom. The van der Waals surface area contributed by atoms with Crippen molar-refractivity contribution in [2.75, 3.05) is 0 Å². The van der Waals surface area contributed by atoms with E-state index in [9.17, 15) is 4.79 Å². The molecule has 0 N–H and O–H groups in total. The standard InChI is InChI=1S/C34H27FN4O2S/c1-23-31(30-17-26(21-42-30)27-18-36-22-37-19-27)34(40)39(16-15-24-9-4-2-5-10-24)33(38-23)28-13-8-14-29(35)32(28)41-20-25-11-6-3-7-12-25/h2-14,17-19,21-22H,15-16,20H2,1H3. The second-order valence-electron chi connectivity index (χ2n) is 9.81. The van der Waals surface area contributed by atoms with E-state index in [1.165, 1.54) is 23.7 Å². The molecule has 208 valence electrons. The molecule has 0 saturated carbocycles. The molecule has 0 saturated heterocycles. The van der Waals surface area contributed by atoms with Gasteiger partial charge in [-0.15, -0.1) is 11.3 Å². The van der Waals surface area contributed by atoms with Gasteiger partial charge in [-0.3, -0.25) is 9.36 Å². The van der Waals surface area contributed by atoms with Crippen LogP contribution in [0, 0.1) is 12.7 Å². The van der Waals surface area contributed by atoms with Gasteiger partial charge in [0.1, 0.15) is 18.8 Å². The average Bonchev–Trinajstić information content (AvgIpc) is 3.51. The molecule has 42 heavy (non-hydrogen) atoms. The zero-order valence-electron chi connectivity index (χ0n) is 22.9. The lowest BCUT2D eigenvalue weighted by molar-refractivity contribution is 0.291. The SMILES string of the molecule is Cc1nc(-c2cccc(F)c2OCc2ccccc2)n(CCc2ccccc2)c(=O)c1-c1cc(-c2cncnc2)cs1. The molecular weight excluding hydrogens is 547 g/mol. The van der Waals surface area contributed by atoms with Crippen molar-refractivity contribution in [2.24, 2.45) is 0 Å². The van der Waals surface area contributed by atoms with Gasteiger partial charge in [-0.25, -0.2) is 19.3 Å². The van der Waals surface area contributed by atoms with E-state index in [-0.39, 0.29) is 17.9 Å². The first kappa shape index (κ1) is 27.2. The van der Waals surface area contributed by atoms with Gasteiger partial charge in [0.2, 0.25) is 0 Å². The van der Waals surface area contributed by atoms with Crippen LogP contribution in [0.3, 0.4) is 0 Å². The number of aryl methyl sites for hydroxylation is 2. The molecule has 3 heterocycles. The van der Waals surface area contributed by atoms with E-state index in [0.717, 1.165) is 27.1 Å². The average molecular weight is 575 g/mol. The summed E-state index contributed by atoms with van der Waals surface area (Å²) < 4.78 is 23.0. The van der Waals surface area contributed by atoms with Crippen LogP contribution in [0.5, 0.6) is 5.75 Å². The summed E-state index contributed by atoms with van der Waals surface area (Å²) in [5.74, 6) is -0.0775. The number of ether oxygens (including phenoxy) is 1. The van der Waals surface area contributed by atoms with Crippen LogP contribution in [-0.2, 0) is 19.6 Å². The van der Waals surface area contributed by atoms with Crippen LogP contribution in [0.4, 0.5) is 4.39 Å². The van der Waals surface area contributed by atoms with E-state index in [2.05, 4.69) is 9.97 Å². The highest BCUT2D eigenvalue weighted by Gasteiger charge is 2.22. The topological polar surface area (TPSA) is 69.9 Å². The third-order valence-corrected chi connectivity index (χ3v) is 7.94. The number of rotatable bonds is 9. The maximum absolute atomic E-state index is 15.3. The lowest BCUT2D eigenvalue weighted by Crippen LogP contribution is -2.27. The molecule has 0 radical (unpaired) electrons. The maximum Gasteiger partial charge on any atom is 0.262 e. The summed E-state index contributed by atoms with van der Waals surface area (Å²) in [5, 5.41) is 1.98. The minimum Gasteiger partial charge on any atom is -0.485 e. The number of hydrogen-bond donors (Lipinski definition) is 0. The van der Waals surface area contributed by atoms with Gasteiger partial charge in [-0.2, -0.15) is 0 Å². The summed E-state index contributed by atoms with van der Waals surface area (Å²) in [4.78, 5) is 28.2. The number of thiophene rings is 1. The number of aromatic nitrogens is 4. The van der Waals surface area contributed by atoms with Crippen molar-refractivity contribution >= 4 is 11.3 Å². The summed E-state index contributed by atoms with van der Waals surface area (Å²) in [6.45, 7) is 2.36. The lowest BCUT2D eigenvalue weighted by Gasteiger charge is -2.18. The highest BCUT2D eigenvalue weighted by atomic mass is 32.1. The molecule has 6 nitrogen and oxygen atoms in total. The fourth-order valence-electron chi connectivity index (χ4n) is 4.87. The monoisotopic (exact) mass is 574 g/mol. The molecule has 0 aliphatic heterocycles. The number of para-hydroxylation sites is 1. The number of nitrogens with zero attached hydrogens (tertiary/aromatic N) is 4. The van der Waals surface area contributed by atoms with Gasteiger partial charge >= 0.3 is 0 Å². The molecule has 3 aromatic heterocycles. The molecule has 3 aromatic carbocycles. The molecule has 0 aliphatic rings. The van der Waals surface area contributed by atoms with Crippen LogP contribution in [0.15, 0.2) is 114 Å². The molecular formula is C34H27FN4O2S. The zero-order valence-corrected chi connectivity index (χ0v) is 23.7. The second-order valence-corrected chi connectivity index (χ2v) is 10.7. The Balaban J connectivity index is 1.46. The normalized spacial score (nSPS) is 11.0. The van der Waals surface area contributed by atoms with E-state index < -0.39 is 5.82 Å². The van der Waals surface area contributed by atoms with Crippen LogP contribution >= 0.6 is 11.3 Å². The minimum atomic E-state index is -0.512.